The number of rotatable bonds is 6. The van der Waals surface area contributed by atoms with Gasteiger partial charge in [0.05, 0.1) is 0 Å². The van der Waals surface area contributed by atoms with Gasteiger partial charge in [0.1, 0.15) is 0 Å². The van der Waals surface area contributed by atoms with E-state index in [1.165, 1.54) is 33.4 Å². The minimum absolute atomic E-state index is 1.38. The molecule has 2 heteroatoms. The summed E-state index contributed by atoms with van der Waals surface area (Å²) in [4.78, 5) is 0. The molecule has 0 heterocycles. The first-order valence-corrected chi connectivity index (χ1v) is 12.0. The molecule has 0 aromatic carbocycles. The van der Waals surface area contributed by atoms with Crippen molar-refractivity contribution >= 4 is 13.2 Å². The van der Waals surface area contributed by atoms with Crippen molar-refractivity contribution in [2.75, 3.05) is 0 Å². The summed E-state index contributed by atoms with van der Waals surface area (Å²) in [6.07, 6.45) is 4.14. The van der Waals surface area contributed by atoms with Crippen LogP contribution in [0, 0.1) is 0 Å². The summed E-state index contributed by atoms with van der Waals surface area (Å²) in [5.74, 6) is 0. The van der Waals surface area contributed by atoms with Crippen molar-refractivity contribution in [3.8, 4) is 0 Å². The molecule has 0 aliphatic carbocycles. The van der Waals surface area contributed by atoms with Crippen LogP contribution in [0.4, 0.5) is 0 Å². The fourth-order valence-electron chi connectivity index (χ4n) is 1.72. The van der Waals surface area contributed by atoms with E-state index in [4.69, 9.17) is 0 Å². The van der Waals surface area contributed by atoms with Crippen molar-refractivity contribution < 1.29 is 14.5 Å². The third kappa shape index (κ3) is 5.44. The Labute approximate surface area is 81.6 Å². The molecule has 0 aliphatic rings. The predicted octanol–water partition coefficient (Wildman–Crippen LogP) is 4.94. The molecule has 0 bridgehead atoms. The van der Waals surface area contributed by atoms with Crippen LogP contribution in [0.5, 0.6) is 0 Å². The fraction of sp³-hybridized carbons (Fsp3) is 1.00. The zero-order valence-electron chi connectivity index (χ0n) is 8.12. The van der Waals surface area contributed by atoms with Crippen molar-refractivity contribution in [2.45, 2.75) is 54.2 Å². The van der Waals surface area contributed by atoms with Gasteiger partial charge >= 0.3 is 81.9 Å². The second-order valence-corrected chi connectivity index (χ2v) is 16.3. The second-order valence-electron chi connectivity index (χ2n) is 3.40. The second kappa shape index (κ2) is 6.68. The van der Waals surface area contributed by atoms with Gasteiger partial charge in [-0.1, -0.05) is 0 Å². The van der Waals surface area contributed by atoms with Gasteiger partial charge in [-0.3, -0.25) is 0 Å². The molecule has 0 fully saturated rings. The Morgan fingerprint density at radius 3 is 1.27 bits per heavy atom. The van der Waals surface area contributed by atoms with Gasteiger partial charge < -0.3 is 0 Å². The normalized spacial score (nSPS) is 12.0. The summed E-state index contributed by atoms with van der Waals surface area (Å²) in [7, 11) is 0. The molecule has 0 aromatic heterocycles. The molecule has 0 spiro atoms. The van der Waals surface area contributed by atoms with Crippen molar-refractivity contribution in [3.05, 3.63) is 0 Å². The van der Waals surface area contributed by atoms with E-state index >= 15 is 0 Å². The molecular formula is C9H21BrTi. The third-order valence-corrected chi connectivity index (χ3v) is 13.5. The van der Waals surface area contributed by atoms with E-state index in [2.05, 4.69) is 33.9 Å². The summed E-state index contributed by atoms with van der Waals surface area (Å²) in [6.45, 7) is 6.94. The van der Waals surface area contributed by atoms with E-state index in [0.29, 0.717) is 0 Å². The molecule has 0 N–H and O–H groups in total. The Bertz CT molecular complexity index is 76.5. The van der Waals surface area contributed by atoms with E-state index in [9.17, 15) is 0 Å². The Hall–Kier alpha value is 1.19. The molecule has 0 amide bonds. The summed E-state index contributed by atoms with van der Waals surface area (Å²) in [5, 5.41) is 0. The number of halogens is 1. The molecule has 0 radical (unpaired) electrons. The van der Waals surface area contributed by atoms with Crippen LogP contribution in [-0.4, -0.2) is 0 Å². The quantitative estimate of drug-likeness (QED) is 0.591. The topological polar surface area (TPSA) is 0 Å². The molecule has 0 rings (SSSR count). The van der Waals surface area contributed by atoms with Crippen LogP contribution in [0.2, 0.25) is 14.2 Å². The minimum atomic E-state index is -1.43. The Balaban J connectivity index is 3.79. The van der Waals surface area contributed by atoms with Gasteiger partial charge in [-0.15, -0.1) is 0 Å². The van der Waals surface area contributed by atoms with Crippen LogP contribution in [0.3, 0.4) is 0 Å². The molecular weight excluding hydrogens is 236 g/mol. The SMILES string of the molecule is CC[CH2][Ti]([Br])([CH2]CC)[CH2]CC. The van der Waals surface area contributed by atoms with Gasteiger partial charge in [-0.25, -0.2) is 0 Å². The van der Waals surface area contributed by atoms with Crippen LogP contribution in [-0.2, 0) is 14.5 Å². The van der Waals surface area contributed by atoms with Gasteiger partial charge in [-0.05, 0) is 0 Å². The number of hydrogen-bond donors (Lipinski definition) is 0. The average Bonchev–Trinajstić information content (AvgIpc) is 1.88. The van der Waals surface area contributed by atoms with Gasteiger partial charge in [0, 0.05) is 0 Å². The molecule has 0 saturated heterocycles. The van der Waals surface area contributed by atoms with E-state index in [1.54, 1.807) is 0 Å². The molecule has 68 valence electrons. The molecule has 0 aliphatic heterocycles. The zero-order valence-corrected chi connectivity index (χ0v) is 11.3. The van der Waals surface area contributed by atoms with Crippen LogP contribution in [0.1, 0.15) is 40.0 Å². The van der Waals surface area contributed by atoms with Gasteiger partial charge in [0.25, 0.3) is 0 Å². The van der Waals surface area contributed by atoms with Gasteiger partial charge in [0.2, 0.25) is 0 Å². The van der Waals surface area contributed by atoms with E-state index in [1.807, 2.05) is 0 Å². The van der Waals surface area contributed by atoms with Gasteiger partial charge in [0.15, 0.2) is 0 Å². The standard InChI is InChI=1S/3C3H7.BrH.Ti/c3*1-3-2;;/h3*1,3H2,2H3;1H;/q;;;;+1/p-1. The maximum absolute atomic E-state index is 4.05. The first-order valence-electron chi connectivity index (χ1n) is 4.87. The van der Waals surface area contributed by atoms with Crippen LogP contribution >= 0.6 is 13.2 Å². The predicted molar refractivity (Wildman–Crippen MR) is 54.2 cm³/mol. The van der Waals surface area contributed by atoms with E-state index in [0.717, 1.165) is 0 Å². The van der Waals surface area contributed by atoms with Crippen molar-refractivity contribution in [2.24, 2.45) is 0 Å². The van der Waals surface area contributed by atoms with Gasteiger partial charge in [-0.2, -0.15) is 0 Å². The third-order valence-electron chi connectivity index (χ3n) is 2.09. The monoisotopic (exact) mass is 256 g/mol. The summed E-state index contributed by atoms with van der Waals surface area (Å²) < 4.78 is 4.55. The average molecular weight is 257 g/mol. The first kappa shape index (κ1) is 12.2. The summed E-state index contributed by atoms with van der Waals surface area (Å²) in [6, 6.07) is 0. The summed E-state index contributed by atoms with van der Waals surface area (Å²) >= 11 is 2.63. The van der Waals surface area contributed by atoms with Crippen molar-refractivity contribution in [1.82, 2.24) is 0 Å². The van der Waals surface area contributed by atoms with Crippen LogP contribution in [0.15, 0.2) is 0 Å². The summed E-state index contributed by atoms with van der Waals surface area (Å²) in [5.41, 5.74) is 0. The van der Waals surface area contributed by atoms with Crippen molar-refractivity contribution in [1.29, 1.82) is 0 Å². The van der Waals surface area contributed by atoms with Crippen LogP contribution < -0.4 is 0 Å². The van der Waals surface area contributed by atoms with E-state index < -0.39 is 14.5 Å². The molecule has 0 nitrogen and oxygen atoms in total. The zero-order chi connectivity index (χ0) is 8.74. The molecule has 0 atom stereocenters. The fourth-order valence-corrected chi connectivity index (χ4v) is 12.0. The Morgan fingerprint density at radius 2 is 1.09 bits per heavy atom. The maximum atomic E-state index is 4.05. The van der Waals surface area contributed by atoms with E-state index in [-0.39, 0.29) is 0 Å². The first-order chi connectivity index (χ1) is 5.18. The molecule has 11 heavy (non-hydrogen) atoms. The van der Waals surface area contributed by atoms with Crippen LogP contribution in [0.25, 0.3) is 0 Å². The molecule has 0 saturated carbocycles. The Kier molecular flexibility index (Phi) is 7.41. The Morgan fingerprint density at radius 1 is 0.818 bits per heavy atom. The van der Waals surface area contributed by atoms with Crippen molar-refractivity contribution in [3.63, 3.8) is 0 Å². The number of hydrogen-bond acceptors (Lipinski definition) is 0. The molecule has 0 aromatic rings. The molecule has 0 unspecified atom stereocenters.